The monoisotopic (exact) mass is 283 g/mol. The summed E-state index contributed by atoms with van der Waals surface area (Å²) < 4.78 is 5.90. The van der Waals surface area contributed by atoms with Crippen molar-refractivity contribution in [3.63, 3.8) is 0 Å². The summed E-state index contributed by atoms with van der Waals surface area (Å²) in [7, 11) is 0. The third-order valence-electron chi connectivity index (χ3n) is 3.69. The molecule has 0 aliphatic carbocycles. The number of hydrogen-bond donors (Lipinski definition) is 1. The molecule has 0 fully saturated rings. The number of fused-ring (bicyclic) bond motifs is 1. The fraction of sp³-hybridized carbons (Fsp3) is 0.412. The summed E-state index contributed by atoms with van der Waals surface area (Å²) in [5.41, 5.74) is 4.38. The van der Waals surface area contributed by atoms with Gasteiger partial charge in [-0.2, -0.15) is 0 Å². The summed E-state index contributed by atoms with van der Waals surface area (Å²) in [6.07, 6.45) is 5.09. The van der Waals surface area contributed by atoms with Gasteiger partial charge in [0.15, 0.2) is 0 Å². The van der Waals surface area contributed by atoms with Crippen LogP contribution in [-0.4, -0.2) is 23.1 Å². The molecule has 1 aromatic heterocycles. The third-order valence-corrected chi connectivity index (χ3v) is 3.69. The quantitative estimate of drug-likeness (QED) is 0.931. The lowest BCUT2D eigenvalue weighted by molar-refractivity contribution is 0.289. The van der Waals surface area contributed by atoms with Crippen molar-refractivity contribution in [3.05, 3.63) is 35.5 Å². The van der Waals surface area contributed by atoms with Crippen molar-refractivity contribution in [3.8, 4) is 17.0 Å². The number of aryl methyl sites for hydroxylation is 2. The van der Waals surface area contributed by atoms with E-state index in [4.69, 9.17) is 4.74 Å². The van der Waals surface area contributed by atoms with Gasteiger partial charge in [-0.05, 0) is 43.4 Å². The zero-order valence-electron chi connectivity index (χ0n) is 12.6. The Morgan fingerprint density at radius 3 is 3.10 bits per heavy atom. The minimum Gasteiger partial charge on any atom is -0.493 e. The van der Waals surface area contributed by atoms with E-state index in [0.29, 0.717) is 5.95 Å². The molecule has 4 heteroatoms. The highest BCUT2D eigenvalue weighted by atomic mass is 16.5. The Bertz CT molecular complexity index is 640. The summed E-state index contributed by atoms with van der Waals surface area (Å²) in [5.74, 6) is 1.68. The van der Waals surface area contributed by atoms with E-state index in [1.807, 2.05) is 13.1 Å². The average Bonchev–Trinajstić information content (AvgIpc) is 2.54. The van der Waals surface area contributed by atoms with Crippen LogP contribution in [0, 0.1) is 6.92 Å². The minimum absolute atomic E-state index is 0.686. The first kappa shape index (κ1) is 13.9. The molecule has 0 atom stereocenters. The van der Waals surface area contributed by atoms with E-state index in [9.17, 15) is 0 Å². The number of para-hydroxylation sites is 1. The second-order valence-electron chi connectivity index (χ2n) is 5.40. The lowest BCUT2D eigenvalue weighted by Gasteiger charge is -2.20. The molecule has 1 aliphatic heterocycles. The van der Waals surface area contributed by atoms with Crippen molar-refractivity contribution in [2.24, 2.45) is 0 Å². The van der Waals surface area contributed by atoms with Crippen LogP contribution in [0.25, 0.3) is 11.3 Å². The first-order chi connectivity index (χ1) is 10.3. The highest BCUT2D eigenvalue weighted by Crippen LogP contribution is 2.36. The molecule has 0 saturated heterocycles. The van der Waals surface area contributed by atoms with Crippen molar-refractivity contribution in [1.82, 2.24) is 9.97 Å². The minimum atomic E-state index is 0.686. The van der Waals surface area contributed by atoms with Crippen molar-refractivity contribution < 1.29 is 4.74 Å². The molecule has 1 aliphatic rings. The van der Waals surface area contributed by atoms with Crippen molar-refractivity contribution in [1.29, 1.82) is 0 Å². The Morgan fingerprint density at radius 2 is 2.24 bits per heavy atom. The molecule has 0 saturated carbocycles. The fourth-order valence-corrected chi connectivity index (χ4v) is 2.61. The first-order valence-corrected chi connectivity index (χ1v) is 7.62. The number of benzene rings is 1. The highest BCUT2D eigenvalue weighted by Gasteiger charge is 2.18. The number of rotatable bonds is 4. The van der Waals surface area contributed by atoms with Gasteiger partial charge in [-0.3, -0.25) is 0 Å². The van der Waals surface area contributed by atoms with E-state index in [1.165, 1.54) is 5.56 Å². The van der Waals surface area contributed by atoms with Crippen LogP contribution < -0.4 is 10.1 Å². The summed E-state index contributed by atoms with van der Waals surface area (Å²) >= 11 is 0. The van der Waals surface area contributed by atoms with Gasteiger partial charge in [-0.1, -0.05) is 19.1 Å². The fourth-order valence-electron chi connectivity index (χ4n) is 2.61. The summed E-state index contributed by atoms with van der Waals surface area (Å²) in [4.78, 5) is 9.04. The predicted octanol–water partition coefficient (Wildman–Crippen LogP) is 3.60. The Kier molecular flexibility index (Phi) is 4.04. The number of anilines is 1. The standard InChI is InChI=1S/C17H21N3O/c1-3-9-18-17-19-11-12(2)15(20-17)14-8-4-6-13-7-5-10-21-16(13)14/h4,6,8,11H,3,5,7,9-10H2,1-2H3,(H,18,19,20). The molecule has 3 rings (SSSR count). The van der Waals surface area contributed by atoms with Crippen LogP contribution in [0.1, 0.15) is 30.9 Å². The molecule has 2 heterocycles. The van der Waals surface area contributed by atoms with E-state index >= 15 is 0 Å². The molecule has 110 valence electrons. The molecular weight excluding hydrogens is 262 g/mol. The molecule has 0 amide bonds. The van der Waals surface area contributed by atoms with Crippen LogP contribution in [0.5, 0.6) is 5.75 Å². The van der Waals surface area contributed by atoms with E-state index in [2.05, 4.69) is 40.4 Å². The zero-order valence-corrected chi connectivity index (χ0v) is 12.6. The zero-order chi connectivity index (χ0) is 14.7. The Morgan fingerprint density at radius 1 is 1.33 bits per heavy atom. The summed E-state index contributed by atoms with van der Waals surface area (Å²) in [5, 5.41) is 3.25. The molecule has 0 bridgehead atoms. The lowest BCUT2D eigenvalue weighted by atomic mass is 9.99. The van der Waals surface area contributed by atoms with Crippen LogP contribution in [0.3, 0.4) is 0 Å². The SMILES string of the molecule is CCCNc1ncc(C)c(-c2cccc3c2OCCC3)n1. The van der Waals surface area contributed by atoms with Gasteiger partial charge in [0.1, 0.15) is 5.75 Å². The molecule has 21 heavy (non-hydrogen) atoms. The van der Waals surface area contributed by atoms with Gasteiger partial charge in [-0.15, -0.1) is 0 Å². The topological polar surface area (TPSA) is 47.0 Å². The van der Waals surface area contributed by atoms with Crippen molar-refractivity contribution in [2.75, 3.05) is 18.5 Å². The largest absolute Gasteiger partial charge is 0.493 e. The molecule has 2 aromatic rings. The van der Waals surface area contributed by atoms with Crippen molar-refractivity contribution in [2.45, 2.75) is 33.1 Å². The van der Waals surface area contributed by atoms with Gasteiger partial charge in [0.25, 0.3) is 0 Å². The molecule has 0 radical (unpaired) electrons. The highest BCUT2D eigenvalue weighted by molar-refractivity contribution is 5.72. The lowest BCUT2D eigenvalue weighted by Crippen LogP contribution is -2.10. The van der Waals surface area contributed by atoms with Crippen LogP contribution in [-0.2, 0) is 6.42 Å². The molecule has 0 unspecified atom stereocenters. The van der Waals surface area contributed by atoms with Gasteiger partial charge >= 0.3 is 0 Å². The number of aromatic nitrogens is 2. The van der Waals surface area contributed by atoms with Gasteiger partial charge in [0.05, 0.1) is 12.3 Å². The first-order valence-electron chi connectivity index (χ1n) is 7.62. The smallest absolute Gasteiger partial charge is 0.223 e. The number of hydrogen-bond acceptors (Lipinski definition) is 4. The number of nitrogens with zero attached hydrogens (tertiary/aromatic N) is 2. The maximum Gasteiger partial charge on any atom is 0.223 e. The maximum atomic E-state index is 5.90. The second-order valence-corrected chi connectivity index (χ2v) is 5.40. The van der Waals surface area contributed by atoms with Gasteiger partial charge in [-0.25, -0.2) is 9.97 Å². The van der Waals surface area contributed by atoms with E-state index < -0.39 is 0 Å². The third kappa shape index (κ3) is 2.84. The van der Waals surface area contributed by atoms with Gasteiger partial charge < -0.3 is 10.1 Å². The average molecular weight is 283 g/mol. The Balaban J connectivity index is 2.03. The van der Waals surface area contributed by atoms with E-state index in [0.717, 1.165) is 55.0 Å². The Hall–Kier alpha value is -2.10. The maximum absolute atomic E-state index is 5.90. The van der Waals surface area contributed by atoms with E-state index in [-0.39, 0.29) is 0 Å². The molecular formula is C17H21N3O. The van der Waals surface area contributed by atoms with Crippen molar-refractivity contribution >= 4 is 5.95 Å². The van der Waals surface area contributed by atoms with Gasteiger partial charge in [0.2, 0.25) is 5.95 Å². The second kappa shape index (κ2) is 6.12. The van der Waals surface area contributed by atoms with Crippen LogP contribution >= 0.6 is 0 Å². The summed E-state index contributed by atoms with van der Waals surface area (Å²) in [6.45, 7) is 5.84. The van der Waals surface area contributed by atoms with Gasteiger partial charge in [0, 0.05) is 18.3 Å². The predicted molar refractivity (Wildman–Crippen MR) is 84.8 cm³/mol. The number of ether oxygens (including phenoxy) is 1. The Labute approximate surface area is 125 Å². The molecule has 1 N–H and O–H groups in total. The van der Waals surface area contributed by atoms with E-state index in [1.54, 1.807) is 0 Å². The molecule has 1 aromatic carbocycles. The normalized spacial score (nSPS) is 13.4. The summed E-state index contributed by atoms with van der Waals surface area (Å²) in [6, 6.07) is 6.32. The van der Waals surface area contributed by atoms with Crippen LogP contribution in [0.4, 0.5) is 5.95 Å². The molecule has 4 nitrogen and oxygen atoms in total. The van der Waals surface area contributed by atoms with Crippen LogP contribution in [0.15, 0.2) is 24.4 Å². The number of nitrogens with one attached hydrogen (secondary N) is 1. The van der Waals surface area contributed by atoms with Crippen LogP contribution in [0.2, 0.25) is 0 Å². The molecule has 0 spiro atoms.